The SMILES string of the molecule is CCc1cccc(C(=O)Br)c1COc1ccn(C)n1. The van der Waals surface area contributed by atoms with E-state index in [1.807, 2.05) is 25.4 Å². The lowest BCUT2D eigenvalue weighted by molar-refractivity contribution is 0.109. The maximum atomic E-state index is 11.6. The normalized spacial score (nSPS) is 10.5. The van der Waals surface area contributed by atoms with E-state index >= 15 is 0 Å². The quantitative estimate of drug-likeness (QED) is 0.794. The predicted octanol–water partition coefficient (Wildman–Crippen LogP) is 3.10. The first-order chi connectivity index (χ1) is 9.11. The zero-order valence-electron chi connectivity index (χ0n) is 10.9. The van der Waals surface area contributed by atoms with Gasteiger partial charge in [-0.3, -0.25) is 9.48 Å². The number of rotatable bonds is 5. The number of carbonyl (C=O) groups excluding carboxylic acids is 1. The lowest BCUT2D eigenvalue weighted by Gasteiger charge is -2.11. The van der Waals surface area contributed by atoms with Gasteiger partial charge in [-0.05, 0) is 27.9 Å². The number of aromatic nitrogens is 2. The Morgan fingerprint density at radius 2 is 2.21 bits per heavy atom. The van der Waals surface area contributed by atoms with Crippen LogP contribution in [0.3, 0.4) is 0 Å². The second kappa shape index (κ2) is 6.02. The topological polar surface area (TPSA) is 44.1 Å². The predicted molar refractivity (Wildman–Crippen MR) is 76.6 cm³/mol. The summed E-state index contributed by atoms with van der Waals surface area (Å²) in [4.78, 5) is 11.6. The number of hydrogen-bond donors (Lipinski definition) is 0. The van der Waals surface area contributed by atoms with Crippen molar-refractivity contribution in [2.45, 2.75) is 20.0 Å². The Morgan fingerprint density at radius 3 is 2.79 bits per heavy atom. The van der Waals surface area contributed by atoms with Gasteiger partial charge in [-0.25, -0.2) is 0 Å². The standard InChI is InChI=1S/C14H15BrN2O2/c1-3-10-5-4-6-11(14(15)18)12(10)9-19-13-7-8-17(2)16-13/h4-8H,3,9H2,1-2H3. The van der Waals surface area contributed by atoms with E-state index in [9.17, 15) is 4.79 Å². The second-order valence-corrected chi connectivity index (χ2v) is 4.91. The van der Waals surface area contributed by atoms with Crippen molar-refractivity contribution in [1.29, 1.82) is 0 Å². The van der Waals surface area contributed by atoms with Crippen molar-refractivity contribution in [2.24, 2.45) is 7.05 Å². The van der Waals surface area contributed by atoms with Crippen LogP contribution >= 0.6 is 15.9 Å². The van der Waals surface area contributed by atoms with Crippen LogP contribution in [0.1, 0.15) is 28.4 Å². The molecule has 0 amide bonds. The molecule has 1 aromatic heterocycles. The van der Waals surface area contributed by atoms with Crippen molar-refractivity contribution in [2.75, 3.05) is 0 Å². The lowest BCUT2D eigenvalue weighted by atomic mass is 10.0. The monoisotopic (exact) mass is 322 g/mol. The van der Waals surface area contributed by atoms with Gasteiger partial charge in [-0.15, -0.1) is 5.10 Å². The van der Waals surface area contributed by atoms with E-state index < -0.39 is 0 Å². The first kappa shape index (κ1) is 13.8. The fourth-order valence-corrected chi connectivity index (χ4v) is 2.31. The largest absolute Gasteiger partial charge is 0.472 e. The van der Waals surface area contributed by atoms with Gasteiger partial charge in [0.25, 0.3) is 0 Å². The summed E-state index contributed by atoms with van der Waals surface area (Å²) < 4.78 is 7.20. The minimum atomic E-state index is -0.123. The Labute approximate surface area is 120 Å². The molecule has 100 valence electrons. The van der Waals surface area contributed by atoms with Gasteiger partial charge in [0.05, 0.1) is 0 Å². The Kier molecular flexibility index (Phi) is 4.37. The van der Waals surface area contributed by atoms with Gasteiger partial charge in [0.15, 0.2) is 0 Å². The first-order valence-electron chi connectivity index (χ1n) is 6.05. The summed E-state index contributed by atoms with van der Waals surface area (Å²) >= 11 is 3.01. The third-order valence-corrected chi connectivity index (χ3v) is 3.35. The Hall–Kier alpha value is -1.62. The zero-order chi connectivity index (χ0) is 13.8. The first-order valence-corrected chi connectivity index (χ1v) is 6.84. The number of halogens is 1. The second-order valence-electron chi connectivity index (χ2n) is 4.19. The van der Waals surface area contributed by atoms with E-state index in [4.69, 9.17) is 4.74 Å². The summed E-state index contributed by atoms with van der Waals surface area (Å²) in [6.07, 6.45) is 2.67. The molecule has 0 saturated heterocycles. The zero-order valence-corrected chi connectivity index (χ0v) is 12.5. The average Bonchev–Trinajstić information content (AvgIpc) is 2.81. The summed E-state index contributed by atoms with van der Waals surface area (Å²) in [5.74, 6) is 0.557. The van der Waals surface area contributed by atoms with Crippen LogP contribution in [0.5, 0.6) is 5.88 Å². The Bertz CT molecular complexity index is 593. The van der Waals surface area contributed by atoms with Crippen molar-refractivity contribution in [1.82, 2.24) is 9.78 Å². The molecule has 0 aliphatic rings. The highest BCUT2D eigenvalue weighted by Gasteiger charge is 2.13. The molecule has 0 atom stereocenters. The number of aryl methyl sites for hydroxylation is 2. The number of benzene rings is 1. The minimum Gasteiger partial charge on any atom is -0.472 e. The van der Waals surface area contributed by atoms with Gasteiger partial charge in [-0.1, -0.05) is 25.1 Å². The number of hydrogen-bond acceptors (Lipinski definition) is 3. The molecule has 0 aliphatic carbocycles. The van der Waals surface area contributed by atoms with E-state index in [0.717, 1.165) is 17.5 Å². The summed E-state index contributed by atoms with van der Waals surface area (Å²) in [6.45, 7) is 2.40. The van der Waals surface area contributed by atoms with Crippen LogP contribution in [-0.4, -0.2) is 14.5 Å². The summed E-state index contributed by atoms with van der Waals surface area (Å²) in [5, 5.41) is 4.15. The number of carbonyl (C=O) groups is 1. The number of nitrogens with zero attached hydrogens (tertiary/aromatic N) is 2. The molecule has 1 aromatic carbocycles. The van der Waals surface area contributed by atoms with E-state index in [2.05, 4.69) is 28.0 Å². The van der Waals surface area contributed by atoms with Crippen molar-refractivity contribution in [3.8, 4) is 5.88 Å². The molecule has 0 fully saturated rings. The molecule has 2 rings (SSSR count). The molecule has 0 saturated carbocycles. The van der Waals surface area contributed by atoms with E-state index in [-0.39, 0.29) is 4.69 Å². The van der Waals surface area contributed by atoms with Gasteiger partial charge in [0.1, 0.15) is 6.61 Å². The van der Waals surface area contributed by atoms with Crippen LogP contribution in [0.2, 0.25) is 0 Å². The van der Waals surface area contributed by atoms with Crippen LogP contribution in [0.25, 0.3) is 0 Å². The van der Waals surface area contributed by atoms with Crippen LogP contribution in [-0.2, 0) is 20.1 Å². The maximum Gasteiger partial charge on any atom is 0.233 e. The van der Waals surface area contributed by atoms with Gasteiger partial charge in [-0.2, -0.15) is 0 Å². The van der Waals surface area contributed by atoms with Crippen molar-refractivity contribution < 1.29 is 9.53 Å². The van der Waals surface area contributed by atoms with E-state index in [1.165, 1.54) is 0 Å². The van der Waals surface area contributed by atoms with E-state index in [0.29, 0.717) is 18.1 Å². The maximum absolute atomic E-state index is 11.6. The fraction of sp³-hybridized carbons (Fsp3) is 0.286. The minimum absolute atomic E-state index is 0.123. The van der Waals surface area contributed by atoms with Crippen molar-refractivity contribution in [3.63, 3.8) is 0 Å². The molecular weight excluding hydrogens is 308 g/mol. The summed E-state index contributed by atoms with van der Waals surface area (Å²) in [7, 11) is 1.83. The average molecular weight is 323 g/mol. The molecule has 4 nitrogen and oxygen atoms in total. The summed E-state index contributed by atoms with van der Waals surface area (Å²) in [6, 6.07) is 7.49. The molecule has 2 aromatic rings. The smallest absolute Gasteiger partial charge is 0.233 e. The molecule has 1 heterocycles. The fourth-order valence-electron chi connectivity index (χ4n) is 1.94. The molecule has 0 bridgehead atoms. The molecule has 0 aliphatic heterocycles. The van der Waals surface area contributed by atoms with E-state index in [1.54, 1.807) is 16.8 Å². The molecule has 0 radical (unpaired) electrons. The molecule has 0 unspecified atom stereocenters. The van der Waals surface area contributed by atoms with Gasteiger partial charge < -0.3 is 4.74 Å². The molecule has 5 heteroatoms. The molecule has 0 N–H and O–H groups in total. The van der Waals surface area contributed by atoms with Crippen LogP contribution in [0.15, 0.2) is 30.5 Å². The highest BCUT2D eigenvalue weighted by atomic mass is 79.9. The Balaban J connectivity index is 2.25. The van der Waals surface area contributed by atoms with Gasteiger partial charge in [0, 0.05) is 30.4 Å². The van der Waals surface area contributed by atoms with Crippen LogP contribution in [0, 0.1) is 0 Å². The summed E-state index contributed by atoms with van der Waals surface area (Å²) in [5.41, 5.74) is 2.68. The molecular formula is C14H15BrN2O2. The third kappa shape index (κ3) is 3.23. The van der Waals surface area contributed by atoms with Gasteiger partial charge >= 0.3 is 0 Å². The third-order valence-electron chi connectivity index (χ3n) is 2.92. The van der Waals surface area contributed by atoms with Crippen LogP contribution in [0.4, 0.5) is 0 Å². The lowest BCUT2D eigenvalue weighted by Crippen LogP contribution is -2.06. The van der Waals surface area contributed by atoms with Crippen molar-refractivity contribution >= 4 is 20.6 Å². The molecule has 19 heavy (non-hydrogen) atoms. The Morgan fingerprint density at radius 1 is 1.42 bits per heavy atom. The van der Waals surface area contributed by atoms with Crippen molar-refractivity contribution in [3.05, 3.63) is 47.2 Å². The highest BCUT2D eigenvalue weighted by Crippen LogP contribution is 2.20. The van der Waals surface area contributed by atoms with Crippen LogP contribution < -0.4 is 4.74 Å². The molecule has 0 spiro atoms. The van der Waals surface area contributed by atoms with Gasteiger partial charge in [0.2, 0.25) is 10.6 Å². The highest BCUT2D eigenvalue weighted by molar-refractivity contribution is 9.18. The number of ether oxygens (including phenoxy) is 1.